The fourth-order valence-corrected chi connectivity index (χ4v) is 10.5. The van der Waals surface area contributed by atoms with Crippen LogP contribution in [0.4, 0.5) is 5.82 Å². The molecule has 4 saturated carbocycles. The molecule has 0 radical (unpaired) electrons. The molecule has 1 unspecified atom stereocenters. The number of anilines is 1. The van der Waals surface area contributed by atoms with Gasteiger partial charge in [0.2, 0.25) is 0 Å². The van der Waals surface area contributed by atoms with Crippen LogP contribution < -0.4 is 10.6 Å². The number of carbonyl (C=O) groups is 1. The first-order valence-electron chi connectivity index (χ1n) is 16.5. The number of ether oxygens (including phenoxy) is 1. The zero-order valence-electron chi connectivity index (χ0n) is 26.2. The molecule has 10 rings (SSSR count). The van der Waals surface area contributed by atoms with Crippen LogP contribution in [-0.2, 0) is 11.3 Å². The van der Waals surface area contributed by atoms with E-state index in [1.165, 1.54) is 56.2 Å². The minimum absolute atomic E-state index is 0.0142. The van der Waals surface area contributed by atoms with E-state index < -0.39 is 5.97 Å². The van der Waals surface area contributed by atoms with Gasteiger partial charge in [-0.15, -0.1) is 10.2 Å². The van der Waals surface area contributed by atoms with Crippen LogP contribution in [0.3, 0.4) is 0 Å². The van der Waals surface area contributed by atoms with Crippen molar-refractivity contribution in [3.63, 3.8) is 0 Å². The molecule has 4 aromatic heterocycles. The standard InChI is InChI=1S/C35H38N8O2S/c1-20-9-27(40-41-31(20)39-34-38-26-5-3-4-6-29(26)46-34)28-17-36-32-30(33(44)45-2)25(7-8-43(28)32)24-16-37-42(18-24)19-35-13-21-10-22(14-35)12-23(11-21)15-35/h4,6-9,16-18,21-23,34,38H,3,5,10-15,19H2,1-2H3,(H,39,41). The topological polar surface area (TPSA) is 111 Å². The van der Waals surface area contributed by atoms with E-state index in [1.54, 1.807) is 18.0 Å². The second kappa shape index (κ2) is 10.7. The molecule has 4 aromatic rings. The number of methoxy groups -OCH3 is 1. The second-order valence-corrected chi connectivity index (χ2v) is 15.3. The molecule has 2 N–H and O–H groups in total. The predicted octanol–water partition coefficient (Wildman–Crippen LogP) is 6.56. The molecule has 1 aliphatic heterocycles. The fraction of sp³-hybridized carbons (Fsp3) is 0.457. The van der Waals surface area contributed by atoms with Gasteiger partial charge in [0.25, 0.3) is 0 Å². The van der Waals surface area contributed by atoms with Gasteiger partial charge in [-0.1, -0.05) is 23.9 Å². The van der Waals surface area contributed by atoms with E-state index in [4.69, 9.17) is 14.8 Å². The molecule has 11 heteroatoms. The van der Waals surface area contributed by atoms with Gasteiger partial charge in [0.15, 0.2) is 17.0 Å². The molecule has 0 saturated heterocycles. The minimum atomic E-state index is -0.430. The molecule has 236 valence electrons. The summed E-state index contributed by atoms with van der Waals surface area (Å²) in [5, 5.41) is 21.0. The number of aryl methyl sites for hydroxylation is 1. The van der Waals surface area contributed by atoms with Gasteiger partial charge in [0.1, 0.15) is 11.3 Å². The van der Waals surface area contributed by atoms with Crippen molar-refractivity contribution in [2.45, 2.75) is 70.3 Å². The van der Waals surface area contributed by atoms with Crippen molar-refractivity contribution >= 4 is 29.2 Å². The normalized spacial score (nSPS) is 27.7. The van der Waals surface area contributed by atoms with Crippen LogP contribution in [0, 0.1) is 30.1 Å². The van der Waals surface area contributed by atoms with Gasteiger partial charge in [-0.2, -0.15) is 5.10 Å². The summed E-state index contributed by atoms with van der Waals surface area (Å²) in [6.45, 7) is 2.98. The first-order valence-corrected chi connectivity index (χ1v) is 17.4. The van der Waals surface area contributed by atoms with Gasteiger partial charge in [-0.25, -0.2) is 9.78 Å². The van der Waals surface area contributed by atoms with E-state index in [2.05, 4.69) is 43.9 Å². The summed E-state index contributed by atoms with van der Waals surface area (Å²) in [7, 11) is 1.41. The fourth-order valence-electron chi connectivity index (χ4n) is 9.35. The lowest BCUT2D eigenvalue weighted by Crippen LogP contribution is -2.47. The van der Waals surface area contributed by atoms with E-state index >= 15 is 0 Å². The summed E-state index contributed by atoms with van der Waals surface area (Å²) in [6.07, 6.45) is 22.5. The molecule has 0 spiro atoms. The lowest BCUT2D eigenvalue weighted by atomic mass is 9.49. The first-order chi connectivity index (χ1) is 22.4. The first kappa shape index (κ1) is 28.1. The number of fused-ring (bicyclic) bond motifs is 1. The Bertz CT molecular complexity index is 1900. The Hall–Kier alpha value is -4.12. The highest BCUT2D eigenvalue weighted by atomic mass is 32.2. The van der Waals surface area contributed by atoms with E-state index in [0.29, 0.717) is 22.3 Å². The van der Waals surface area contributed by atoms with Crippen molar-refractivity contribution in [1.29, 1.82) is 0 Å². The summed E-state index contributed by atoms with van der Waals surface area (Å²) < 4.78 is 9.29. The molecule has 10 nitrogen and oxygen atoms in total. The number of carbonyl (C=O) groups excluding carboxylic acids is 1. The number of hydrogen-bond donors (Lipinski definition) is 2. The van der Waals surface area contributed by atoms with Crippen LogP contribution >= 0.6 is 11.8 Å². The number of esters is 1. The van der Waals surface area contributed by atoms with Crippen LogP contribution in [0.1, 0.15) is 67.3 Å². The molecular formula is C35H38N8O2S. The summed E-state index contributed by atoms with van der Waals surface area (Å²) >= 11 is 1.76. The Balaban J connectivity index is 0.991. The predicted molar refractivity (Wildman–Crippen MR) is 178 cm³/mol. The number of pyridine rings is 1. The van der Waals surface area contributed by atoms with Gasteiger partial charge < -0.3 is 15.4 Å². The van der Waals surface area contributed by atoms with Gasteiger partial charge in [0, 0.05) is 40.7 Å². The smallest absolute Gasteiger partial charge is 0.342 e. The Morgan fingerprint density at radius 1 is 1.15 bits per heavy atom. The summed E-state index contributed by atoms with van der Waals surface area (Å²) in [5.41, 5.74) is 6.67. The van der Waals surface area contributed by atoms with Gasteiger partial charge in [-0.05, 0) is 99.2 Å². The maximum atomic E-state index is 13.3. The van der Waals surface area contributed by atoms with Crippen LogP contribution in [0.2, 0.25) is 0 Å². The number of imidazole rings is 1. The highest BCUT2D eigenvalue weighted by molar-refractivity contribution is 8.04. The zero-order valence-corrected chi connectivity index (χ0v) is 27.0. The Labute approximate surface area is 272 Å². The quantitative estimate of drug-likeness (QED) is 0.218. The number of allylic oxidation sites excluding steroid dienone is 3. The second-order valence-electron chi connectivity index (χ2n) is 14.1. The van der Waals surface area contributed by atoms with E-state index in [9.17, 15) is 4.79 Å². The Morgan fingerprint density at radius 2 is 1.96 bits per heavy atom. The molecule has 5 aliphatic carbocycles. The molecule has 6 aliphatic rings. The van der Waals surface area contributed by atoms with Crippen LogP contribution in [-0.4, -0.2) is 47.9 Å². The third-order valence-corrected chi connectivity index (χ3v) is 12.0. The van der Waals surface area contributed by atoms with E-state index in [1.807, 2.05) is 35.9 Å². The molecular weight excluding hydrogens is 597 g/mol. The largest absolute Gasteiger partial charge is 0.465 e. The van der Waals surface area contributed by atoms with E-state index in [-0.39, 0.29) is 5.50 Å². The van der Waals surface area contributed by atoms with Crippen molar-refractivity contribution in [3.05, 3.63) is 70.8 Å². The number of nitrogens with zero attached hydrogens (tertiary/aromatic N) is 6. The van der Waals surface area contributed by atoms with Crippen LogP contribution in [0.25, 0.3) is 28.2 Å². The number of rotatable bonds is 7. The molecule has 46 heavy (non-hydrogen) atoms. The number of aromatic nitrogens is 6. The molecule has 5 heterocycles. The van der Waals surface area contributed by atoms with Crippen molar-refractivity contribution in [2.24, 2.45) is 23.2 Å². The summed E-state index contributed by atoms with van der Waals surface area (Å²) in [4.78, 5) is 19.3. The molecule has 4 bridgehead atoms. The van der Waals surface area contributed by atoms with Gasteiger partial charge in [-0.3, -0.25) is 9.08 Å². The van der Waals surface area contributed by atoms with Crippen molar-refractivity contribution < 1.29 is 9.53 Å². The maximum Gasteiger partial charge on any atom is 0.342 e. The third-order valence-electron chi connectivity index (χ3n) is 10.9. The van der Waals surface area contributed by atoms with Crippen molar-refractivity contribution in [2.75, 3.05) is 12.4 Å². The number of hydrogen-bond acceptors (Lipinski definition) is 9. The third kappa shape index (κ3) is 4.73. The monoisotopic (exact) mass is 634 g/mol. The molecule has 0 aromatic carbocycles. The minimum Gasteiger partial charge on any atom is -0.465 e. The van der Waals surface area contributed by atoms with Crippen LogP contribution in [0.15, 0.2) is 59.7 Å². The lowest BCUT2D eigenvalue weighted by molar-refractivity contribution is -0.0635. The highest BCUT2D eigenvalue weighted by Gasteiger charge is 2.51. The summed E-state index contributed by atoms with van der Waals surface area (Å²) in [5.74, 6) is 2.99. The molecule has 0 amide bonds. The van der Waals surface area contributed by atoms with Crippen molar-refractivity contribution in [1.82, 2.24) is 34.7 Å². The Kier molecular flexibility index (Phi) is 6.56. The van der Waals surface area contributed by atoms with Gasteiger partial charge in [0.05, 0.1) is 25.2 Å². The van der Waals surface area contributed by atoms with Crippen molar-refractivity contribution in [3.8, 4) is 22.5 Å². The lowest BCUT2D eigenvalue weighted by Gasteiger charge is -2.56. The van der Waals surface area contributed by atoms with Crippen LogP contribution in [0.5, 0.6) is 0 Å². The zero-order chi connectivity index (χ0) is 31.0. The highest BCUT2D eigenvalue weighted by Crippen LogP contribution is 2.60. The van der Waals surface area contributed by atoms with E-state index in [0.717, 1.165) is 65.3 Å². The van der Waals surface area contributed by atoms with Gasteiger partial charge >= 0.3 is 5.97 Å². The number of nitrogens with one attached hydrogen (secondary N) is 2. The Morgan fingerprint density at radius 3 is 2.70 bits per heavy atom. The summed E-state index contributed by atoms with van der Waals surface area (Å²) in [6, 6.07) is 3.96. The maximum absolute atomic E-state index is 13.3. The average molecular weight is 635 g/mol. The molecule has 1 atom stereocenters. The average Bonchev–Trinajstić information content (AvgIpc) is 3.78. The molecule has 4 fully saturated rings. The SMILES string of the molecule is COC(=O)c1c(-c2cnn(CC34CC5CC(CC(C5)C3)C4)c2)ccn2c(-c3cc(C)c(NC4NC5=C(C=CCC5)S4)nn3)cnc12. The number of thioether (sulfide) groups is 1.